The van der Waals surface area contributed by atoms with Crippen molar-refractivity contribution in [2.75, 3.05) is 0 Å². The van der Waals surface area contributed by atoms with Crippen LogP contribution in [-0.2, 0) is 30.9 Å². The van der Waals surface area contributed by atoms with Gasteiger partial charge in [-0.1, -0.05) is 65.8 Å². The number of hydrogen-bond acceptors (Lipinski definition) is 4. The van der Waals surface area contributed by atoms with Crippen LogP contribution in [0.1, 0.15) is 52.7 Å². The van der Waals surface area contributed by atoms with Gasteiger partial charge in [0.05, 0.1) is 22.8 Å². The van der Waals surface area contributed by atoms with E-state index in [4.69, 9.17) is 9.97 Å². The first-order valence-corrected chi connectivity index (χ1v) is 14.9. The number of hydrogen-bond donors (Lipinski definition) is 0. The molecule has 4 nitrogen and oxygen atoms in total. The predicted octanol–water partition coefficient (Wildman–Crippen LogP) is 9.81. The molecule has 4 heterocycles. The summed E-state index contributed by atoms with van der Waals surface area (Å²) in [4.78, 5) is 18.8. The van der Waals surface area contributed by atoms with Gasteiger partial charge >= 0.3 is 0 Å². The molecular weight excluding hydrogens is 729 g/mol. The average molecular weight is 767 g/mol. The van der Waals surface area contributed by atoms with Crippen molar-refractivity contribution in [1.29, 1.82) is 0 Å². The van der Waals surface area contributed by atoms with E-state index in [2.05, 4.69) is 87.9 Å². The molecule has 45 heavy (non-hydrogen) atoms. The molecule has 0 amide bonds. The van der Waals surface area contributed by atoms with Crippen LogP contribution in [0, 0.1) is 12.1 Å². The molecule has 0 fully saturated rings. The van der Waals surface area contributed by atoms with E-state index in [-0.39, 0.29) is 30.9 Å². The summed E-state index contributed by atoms with van der Waals surface area (Å²) in [5.41, 5.74) is 9.80. The van der Waals surface area contributed by atoms with Gasteiger partial charge in [0, 0.05) is 32.5 Å². The van der Waals surface area contributed by atoms with Gasteiger partial charge in [-0.3, -0.25) is 9.97 Å². The van der Waals surface area contributed by atoms with Gasteiger partial charge in [0.1, 0.15) is 0 Å². The van der Waals surface area contributed by atoms with E-state index < -0.39 is 0 Å². The fourth-order valence-corrected chi connectivity index (χ4v) is 4.62. The van der Waals surface area contributed by atoms with Gasteiger partial charge in [-0.2, -0.15) is 0 Å². The summed E-state index contributed by atoms with van der Waals surface area (Å²) in [6.45, 7) is 13.3. The van der Waals surface area contributed by atoms with Crippen LogP contribution in [-0.4, -0.2) is 19.9 Å². The molecule has 0 N–H and O–H groups in total. The van der Waals surface area contributed by atoms with Crippen LogP contribution in [0.4, 0.5) is 0 Å². The third-order valence-electron chi connectivity index (χ3n) is 7.23. The fourth-order valence-electron chi connectivity index (χ4n) is 4.62. The molecule has 5 heteroatoms. The first-order valence-electron chi connectivity index (χ1n) is 14.9. The summed E-state index contributed by atoms with van der Waals surface area (Å²) >= 11 is 0. The number of aromatic nitrogens is 4. The standard InChI is InChI=1S/C29H30N3.C11H8N.Ir/c1-28(2,3)21-15-16-30-25(17-21)27-19-22(29(4,5)6)18-26(32-27)24-14-10-13-23(31-24)20-11-8-7-9-12-20;1-2-6-10(7-3-1)11-8-4-5-9-12-11;/h7-11,13-19H,1-6H3;1-6,8-9H;/q2*-1;. The normalized spacial score (nSPS) is 11.2. The molecule has 0 spiro atoms. The van der Waals surface area contributed by atoms with Crippen molar-refractivity contribution < 1.29 is 20.1 Å². The molecular formula is C40H38IrN4-2. The topological polar surface area (TPSA) is 51.6 Å². The number of rotatable bonds is 4. The summed E-state index contributed by atoms with van der Waals surface area (Å²) in [5.74, 6) is 0. The zero-order valence-corrected chi connectivity index (χ0v) is 29.1. The van der Waals surface area contributed by atoms with E-state index in [1.54, 1.807) is 6.20 Å². The maximum absolute atomic E-state index is 5.01. The molecule has 0 unspecified atom stereocenters. The van der Waals surface area contributed by atoms with Crippen molar-refractivity contribution in [3.05, 3.63) is 145 Å². The maximum Gasteiger partial charge on any atom is 0.0897 e. The van der Waals surface area contributed by atoms with Crippen LogP contribution in [0.5, 0.6) is 0 Å². The molecule has 0 aliphatic carbocycles. The number of pyridine rings is 4. The van der Waals surface area contributed by atoms with Crippen LogP contribution in [0.3, 0.4) is 0 Å². The first kappa shape index (κ1) is 33.6. The molecule has 1 radical (unpaired) electrons. The smallest absolute Gasteiger partial charge is 0.0897 e. The zero-order chi connectivity index (χ0) is 31.2. The Balaban J connectivity index is 0.000000296. The molecule has 4 aromatic heterocycles. The average Bonchev–Trinajstić information content (AvgIpc) is 3.05. The Morgan fingerprint density at radius 2 is 0.956 bits per heavy atom. The van der Waals surface area contributed by atoms with Crippen LogP contribution < -0.4 is 0 Å². The van der Waals surface area contributed by atoms with Crippen molar-refractivity contribution in [3.8, 4) is 45.3 Å². The van der Waals surface area contributed by atoms with E-state index in [9.17, 15) is 0 Å². The predicted molar refractivity (Wildman–Crippen MR) is 181 cm³/mol. The zero-order valence-electron chi connectivity index (χ0n) is 26.7. The second kappa shape index (κ2) is 14.6. The summed E-state index contributed by atoms with van der Waals surface area (Å²) in [7, 11) is 0. The summed E-state index contributed by atoms with van der Waals surface area (Å²) in [6, 6.07) is 42.6. The molecule has 229 valence electrons. The quantitative estimate of drug-likeness (QED) is 0.168. The van der Waals surface area contributed by atoms with Gasteiger partial charge in [0.15, 0.2) is 0 Å². The van der Waals surface area contributed by atoms with E-state index in [0.29, 0.717) is 0 Å². The number of benzene rings is 2. The van der Waals surface area contributed by atoms with Crippen molar-refractivity contribution in [1.82, 2.24) is 19.9 Å². The molecule has 6 aromatic rings. The van der Waals surface area contributed by atoms with E-state index in [1.807, 2.05) is 91.1 Å². The second-order valence-electron chi connectivity index (χ2n) is 12.7. The van der Waals surface area contributed by atoms with Crippen LogP contribution in [0.2, 0.25) is 0 Å². The SMILES string of the molecule is CC(C)(C)c1ccnc(-c2cc(C(C)(C)C)cc(-c3cccc(-c4[c-]cccc4)n3)n2)c1.[Ir].[c-]1ccccc1-c1ccccn1. The summed E-state index contributed by atoms with van der Waals surface area (Å²) in [6.07, 6.45) is 3.67. The Morgan fingerprint density at radius 3 is 1.53 bits per heavy atom. The Kier molecular flexibility index (Phi) is 10.9. The molecule has 2 aromatic carbocycles. The van der Waals surface area contributed by atoms with Gasteiger partial charge in [-0.15, -0.1) is 71.8 Å². The van der Waals surface area contributed by atoms with Gasteiger partial charge < -0.3 is 4.98 Å². The Hall–Kier alpha value is -4.31. The molecule has 0 aliphatic rings. The minimum Gasteiger partial charge on any atom is -0.305 e. The molecule has 0 aliphatic heterocycles. The molecule has 0 saturated heterocycles. The molecule has 0 atom stereocenters. The summed E-state index contributed by atoms with van der Waals surface area (Å²) < 4.78 is 0. The van der Waals surface area contributed by atoms with Crippen LogP contribution in [0.15, 0.2) is 122 Å². The van der Waals surface area contributed by atoms with Crippen molar-refractivity contribution in [2.45, 2.75) is 52.4 Å². The van der Waals surface area contributed by atoms with Gasteiger partial charge in [0.2, 0.25) is 0 Å². The largest absolute Gasteiger partial charge is 0.305 e. The van der Waals surface area contributed by atoms with Gasteiger partial charge in [0.25, 0.3) is 0 Å². The molecule has 0 bridgehead atoms. The maximum atomic E-state index is 5.01. The van der Waals surface area contributed by atoms with Crippen LogP contribution in [0.25, 0.3) is 45.3 Å². The Morgan fingerprint density at radius 1 is 0.444 bits per heavy atom. The summed E-state index contributed by atoms with van der Waals surface area (Å²) in [5, 5.41) is 0. The van der Waals surface area contributed by atoms with E-state index in [0.717, 1.165) is 45.3 Å². The minimum atomic E-state index is -0.0289. The number of nitrogens with zero attached hydrogens (tertiary/aromatic N) is 4. The molecule has 6 rings (SSSR count). The fraction of sp³-hybridized carbons (Fsp3) is 0.200. The van der Waals surface area contributed by atoms with Crippen molar-refractivity contribution in [3.63, 3.8) is 0 Å². The first-order chi connectivity index (χ1) is 21.1. The Labute approximate surface area is 281 Å². The third-order valence-corrected chi connectivity index (χ3v) is 7.23. The van der Waals surface area contributed by atoms with Crippen LogP contribution >= 0.6 is 0 Å². The monoisotopic (exact) mass is 767 g/mol. The second-order valence-corrected chi connectivity index (χ2v) is 12.7. The van der Waals surface area contributed by atoms with E-state index >= 15 is 0 Å². The van der Waals surface area contributed by atoms with Gasteiger partial charge in [-0.05, 0) is 69.7 Å². The van der Waals surface area contributed by atoms with Crippen molar-refractivity contribution in [2.24, 2.45) is 0 Å². The van der Waals surface area contributed by atoms with Crippen molar-refractivity contribution >= 4 is 0 Å². The van der Waals surface area contributed by atoms with E-state index in [1.165, 1.54) is 11.1 Å². The minimum absolute atomic E-state index is 0. The third kappa shape index (κ3) is 8.88. The molecule has 0 saturated carbocycles. The Bertz CT molecular complexity index is 1770. The van der Waals surface area contributed by atoms with Gasteiger partial charge in [-0.25, -0.2) is 4.98 Å².